The standard InChI is InChI=1S/C21H29N3O5/c25-18-12-11-16(20(27)24(18)15-9-5-2-6-10-15)22-19(26)17(23-21(28)29)13-14-7-3-1-4-8-14/h2,5-6,9-10,14,16-17,20,23,27H,1,3-4,7-8,11-13H2,(H,22,26)(H,28,29)/t16-,17+,20+/m1/s1. The van der Waals surface area contributed by atoms with Crippen molar-refractivity contribution in [2.24, 2.45) is 5.92 Å². The van der Waals surface area contributed by atoms with Gasteiger partial charge in [0.25, 0.3) is 0 Å². The molecule has 3 atom stereocenters. The van der Waals surface area contributed by atoms with Gasteiger partial charge in [0.1, 0.15) is 6.04 Å². The van der Waals surface area contributed by atoms with E-state index >= 15 is 0 Å². The number of hydrogen-bond acceptors (Lipinski definition) is 4. The van der Waals surface area contributed by atoms with Crippen molar-refractivity contribution in [1.29, 1.82) is 0 Å². The van der Waals surface area contributed by atoms with Gasteiger partial charge in [-0.05, 0) is 30.9 Å². The van der Waals surface area contributed by atoms with Crippen LogP contribution in [0.5, 0.6) is 0 Å². The van der Waals surface area contributed by atoms with Crippen molar-refractivity contribution in [2.45, 2.75) is 69.7 Å². The zero-order valence-electron chi connectivity index (χ0n) is 16.4. The molecule has 3 amide bonds. The van der Waals surface area contributed by atoms with E-state index in [0.29, 0.717) is 24.4 Å². The second-order valence-electron chi connectivity index (χ2n) is 7.91. The molecule has 29 heavy (non-hydrogen) atoms. The molecule has 0 unspecified atom stereocenters. The van der Waals surface area contributed by atoms with Gasteiger partial charge in [-0.15, -0.1) is 0 Å². The number of carbonyl (C=O) groups excluding carboxylic acids is 2. The highest BCUT2D eigenvalue weighted by atomic mass is 16.4. The first kappa shape index (κ1) is 21.1. The normalized spacial score (nSPS) is 24.0. The number of carboxylic acid groups (broad SMARTS) is 1. The number of nitrogens with zero attached hydrogens (tertiary/aromatic N) is 1. The Kier molecular flexibility index (Phi) is 7.09. The van der Waals surface area contributed by atoms with Crippen molar-refractivity contribution in [1.82, 2.24) is 10.6 Å². The minimum absolute atomic E-state index is 0.191. The zero-order valence-corrected chi connectivity index (χ0v) is 16.4. The lowest BCUT2D eigenvalue weighted by Crippen LogP contribution is -2.60. The fraction of sp³-hybridized carbons (Fsp3) is 0.571. The SMILES string of the molecule is O=C(O)N[C@@H](CC1CCCCC1)C(=O)N[C@@H]1CCC(=O)N(c2ccccc2)[C@H]1O. The van der Waals surface area contributed by atoms with Crippen molar-refractivity contribution in [3.63, 3.8) is 0 Å². The Bertz CT molecular complexity index is 720. The van der Waals surface area contributed by atoms with Crippen LogP contribution < -0.4 is 15.5 Å². The van der Waals surface area contributed by atoms with Crippen LogP contribution in [0.4, 0.5) is 10.5 Å². The summed E-state index contributed by atoms with van der Waals surface area (Å²) in [6.45, 7) is 0. The number of benzene rings is 1. The molecule has 1 saturated heterocycles. The van der Waals surface area contributed by atoms with Crippen molar-refractivity contribution >= 4 is 23.6 Å². The number of anilines is 1. The van der Waals surface area contributed by atoms with Crippen LogP contribution >= 0.6 is 0 Å². The molecule has 3 rings (SSSR count). The molecule has 1 aromatic carbocycles. The lowest BCUT2D eigenvalue weighted by atomic mass is 9.84. The predicted molar refractivity (Wildman–Crippen MR) is 107 cm³/mol. The highest BCUT2D eigenvalue weighted by molar-refractivity contribution is 5.95. The van der Waals surface area contributed by atoms with Gasteiger partial charge < -0.3 is 20.8 Å². The Morgan fingerprint density at radius 3 is 2.45 bits per heavy atom. The van der Waals surface area contributed by atoms with Gasteiger partial charge in [0.2, 0.25) is 11.8 Å². The Morgan fingerprint density at radius 1 is 1.10 bits per heavy atom. The van der Waals surface area contributed by atoms with E-state index in [2.05, 4.69) is 10.6 Å². The van der Waals surface area contributed by atoms with Gasteiger partial charge in [-0.25, -0.2) is 4.79 Å². The number of carbonyl (C=O) groups is 3. The van der Waals surface area contributed by atoms with E-state index in [1.54, 1.807) is 24.3 Å². The Morgan fingerprint density at radius 2 is 1.79 bits per heavy atom. The van der Waals surface area contributed by atoms with Crippen LogP contribution in [0.3, 0.4) is 0 Å². The van der Waals surface area contributed by atoms with E-state index in [-0.39, 0.29) is 12.3 Å². The van der Waals surface area contributed by atoms with E-state index in [1.165, 1.54) is 11.3 Å². The number of para-hydroxylation sites is 1. The minimum Gasteiger partial charge on any atom is -0.465 e. The summed E-state index contributed by atoms with van der Waals surface area (Å²) in [5, 5.41) is 25.0. The second kappa shape index (κ2) is 9.73. The van der Waals surface area contributed by atoms with E-state index in [9.17, 15) is 19.5 Å². The molecule has 0 aromatic heterocycles. The molecule has 4 N–H and O–H groups in total. The molecule has 158 valence electrons. The fourth-order valence-electron chi connectivity index (χ4n) is 4.33. The second-order valence-corrected chi connectivity index (χ2v) is 7.91. The maximum Gasteiger partial charge on any atom is 0.405 e. The highest BCUT2D eigenvalue weighted by Crippen LogP contribution is 2.28. The quantitative estimate of drug-likeness (QED) is 0.581. The minimum atomic E-state index is -1.24. The molecule has 1 heterocycles. The van der Waals surface area contributed by atoms with Gasteiger partial charge in [0.05, 0.1) is 6.04 Å². The molecule has 0 radical (unpaired) electrons. The third-order valence-electron chi connectivity index (χ3n) is 5.83. The van der Waals surface area contributed by atoms with Crippen LogP contribution in [-0.2, 0) is 9.59 Å². The average molecular weight is 403 g/mol. The summed E-state index contributed by atoms with van der Waals surface area (Å²) in [4.78, 5) is 37.7. The molecule has 0 bridgehead atoms. The van der Waals surface area contributed by atoms with Gasteiger partial charge in [0.15, 0.2) is 6.23 Å². The molecule has 2 fully saturated rings. The molecule has 1 saturated carbocycles. The number of hydrogen-bond donors (Lipinski definition) is 4. The number of rotatable bonds is 6. The third kappa shape index (κ3) is 5.47. The Labute approximate surface area is 170 Å². The summed E-state index contributed by atoms with van der Waals surface area (Å²) in [6, 6.07) is 7.28. The van der Waals surface area contributed by atoms with E-state index in [4.69, 9.17) is 5.11 Å². The molecule has 1 aliphatic carbocycles. The van der Waals surface area contributed by atoms with Crippen molar-refractivity contribution < 1.29 is 24.6 Å². The number of aliphatic hydroxyl groups is 1. The lowest BCUT2D eigenvalue weighted by Gasteiger charge is -2.38. The van der Waals surface area contributed by atoms with Gasteiger partial charge in [-0.2, -0.15) is 0 Å². The summed E-state index contributed by atoms with van der Waals surface area (Å²) in [6.07, 6.45) is 3.85. The maximum atomic E-state index is 12.8. The van der Waals surface area contributed by atoms with Crippen LogP contribution in [-0.4, -0.2) is 46.4 Å². The average Bonchev–Trinajstić information content (AvgIpc) is 2.71. The molecule has 2 aliphatic rings. The smallest absolute Gasteiger partial charge is 0.405 e. The molecule has 8 heteroatoms. The molecular formula is C21H29N3O5. The lowest BCUT2D eigenvalue weighted by molar-refractivity contribution is -0.129. The molecule has 1 aromatic rings. The molecule has 1 aliphatic heterocycles. The van der Waals surface area contributed by atoms with Gasteiger partial charge in [0, 0.05) is 12.1 Å². The van der Waals surface area contributed by atoms with E-state index in [0.717, 1.165) is 25.7 Å². The summed E-state index contributed by atoms with van der Waals surface area (Å²) >= 11 is 0. The maximum absolute atomic E-state index is 12.8. The first-order valence-electron chi connectivity index (χ1n) is 10.3. The number of nitrogens with one attached hydrogen (secondary N) is 2. The number of piperidine rings is 1. The highest BCUT2D eigenvalue weighted by Gasteiger charge is 2.37. The zero-order chi connectivity index (χ0) is 20.8. The van der Waals surface area contributed by atoms with E-state index in [1.807, 2.05) is 6.07 Å². The molecule has 0 spiro atoms. The first-order valence-corrected chi connectivity index (χ1v) is 10.3. The summed E-state index contributed by atoms with van der Waals surface area (Å²) < 4.78 is 0. The molecule has 8 nitrogen and oxygen atoms in total. The van der Waals surface area contributed by atoms with Gasteiger partial charge >= 0.3 is 6.09 Å². The topological polar surface area (TPSA) is 119 Å². The van der Waals surface area contributed by atoms with E-state index < -0.39 is 30.3 Å². The fourth-order valence-corrected chi connectivity index (χ4v) is 4.33. The number of amides is 3. The predicted octanol–water partition coefficient (Wildman–Crippen LogP) is 2.22. The van der Waals surface area contributed by atoms with Crippen LogP contribution in [0.2, 0.25) is 0 Å². The van der Waals surface area contributed by atoms with Crippen LogP contribution in [0, 0.1) is 5.92 Å². The van der Waals surface area contributed by atoms with Crippen molar-refractivity contribution in [3.8, 4) is 0 Å². The van der Waals surface area contributed by atoms with Gasteiger partial charge in [-0.3, -0.25) is 14.5 Å². The van der Waals surface area contributed by atoms with Crippen molar-refractivity contribution in [2.75, 3.05) is 4.90 Å². The summed E-state index contributed by atoms with van der Waals surface area (Å²) in [7, 11) is 0. The van der Waals surface area contributed by atoms with Crippen LogP contribution in [0.15, 0.2) is 30.3 Å². The molecular weight excluding hydrogens is 374 g/mol. The number of aliphatic hydroxyl groups excluding tert-OH is 1. The first-order chi connectivity index (χ1) is 14.0. The Balaban J connectivity index is 1.67. The largest absolute Gasteiger partial charge is 0.465 e. The van der Waals surface area contributed by atoms with Crippen molar-refractivity contribution in [3.05, 3.63) is 30.3 Å². The third-order valence-corrected chi connectivity index (χ3v) is 5.83. The summed E-state index contributed by atoms with van der Waals surface area (Å²) in [5.41, 5.74) is 0.561. The summed E-state index contributed by atoms with van der Waals surface area (Å²) in [5.74, 6) is -0.356. The monoisotopic (exact) mass is 403 g/mol. The van der Waals surface area contributed by atoms with Crippen LogP contribution in [0.25, 0.3) is 0 Å². The van der Waals surface area contributed by atoms with Crippen LogP contribution in [0.1, 0.15) is 51.4 Å². The Hall–Kier alpha value is -2.61. The van der Waals surface area contributed by atoms with Gasteiger partial charge in [-0.1, -0.05) is 50.3 Å².